The quantitative estimate of drug-likeness (QED) is 0.475. The van der Waals surface area contributed by atoms with Crippen molar-refractivity contribution in [3.05, 3.63) is 69.0 Å². The van der Waals surface area contributed by atoms with Crippen LogP contribution in [0.1, 0.15) is 42.1 Å². The second-order valence-electron chi connectivity index (χ2n) is 8.11. The molecule has 10 heteroatoms. The molecule has 0 amide bonds. The Morgan fingerprint density at radius 1 is 1.15 bits per heavy atom. The molecule has 0 unspecified atom stereocenters. The number of halogens is 1. The molecule has 3 aromatic rings. The predicted octanol–water partition coefficient (Wildman–Crippen LogP) is 3.98. The molecule has 3 rings (SSSR count). The van der Waals surface area contributed by atoms with Crippen LogP contribution in [0.25, 0.3) is 11.3 Å². The minimum atomic E-state index is -3.44. The highest BCUT2D eigenvalue weighted by Crippen LogP contribution is 2.30. The molecule has 0 fully saturated rings. The van der Waals surface area contributed by atoms with Gasteiger partial charge in [-0.3, -0.25) is 4.79 Å². The fourth-order valence-corrected chi connectivity index (χ4v) is 4.93. The molecule has 0 aliphatic carbocycles. The number of nitrogens with zero attached hydrogens (tertiary/aromatic N) is 4. The zero-order valence-corrected chi connectivity index (χ0v) is 20.2. The molecule has 0 saturated carbocycles. The predicted molar refractivity (Wildman–Crippen MR) is 126 cm³/mol. The van der Waals surface area contributed by atoms with Gasteiger partial charge in [-0.1, -0.05) is 13.3 Å². The normalized spacial score (nSPS) is 11.3. The Kier molecular flexibility index (Phi) is 7.47. The van der Waals surface area contributed by atoms with Gasteiger partial charge in [0, 0.05) is 24.4 Å². The topological polar surface area (TPSA) is 115 Å². The van der Waals surface area contributed by atoms with Gasteiger partial charge in [0.2, 0.25) is 0 Å². The van der Waals surface area contributed by atoms with E-state index in [0.29, 0.717) is 28.8 Å². The van der Waals surface area contributed by atoms with E-state index in [1.54, 1.807) is 39.2 Å². The van der Waals surface area contributed by atoms with Gasteiger partial charge in [-0.15, -0.1) is 0 Å². The number of unbranched alkanes of at least 4 members (excludes halogenated alkanes) is 1. The van der Waals surface area contributed by atoms with Gasteiger partial charge < -0.3 is 9.30 Å². The number of rotatable bonds is 8. The third-order valence-corrected chi connectivity index (χ3v) is 6.79. The molecule has 0 N–H and O–H groups in total. The second kappa shape index (κ2) is 10.1. The van der Waals surface area contributed by atoms with Gasteiger partial charge in [0.15, 0.2) is 15.6 Å². The maximum atomic E-state index is 13.7. The van der Waals surface area contributed by atoms with Crippen LogP contribution < -0.4 is 10.3 Å². The molecule has 8 nitrogen and oxygen atoms in total. The SMILES string of the molecule is CCCCS(=O)(=O)Cc1cc(-c2cc(C)c(=O)n(C)c2)nc(Oc2c(C)cc(F)cc2C#N)n1. The van der Waals surface area contributed by atoms with Gasteiger partial charge in [-0.05, 0) is 50.1 Å². The Morgan fingerprint density at radius 2 is 1.88 bits per heavy atom. The summed E-state index contributed by atoms with van der Waals surface area (Å²) in [5.74, 6) is -0.804. The maximum absolute atomic E-state index is 13.7. The molecule has 1 aromatic carbocycles. The summed E-state index contributed by atoms with van der Waals surface area (Å²) in [5.41, 5.74) is 1.76. The number of nitriles is 1. The van der Waals surface area contributed by atoms with Crippen molar-refractivity contribution in [2.24, 2.45) is 7.05 Å². The van der Waals surface area contributed by atoms with E-state index in [2.05, 4.69) is 9.97 Å². The summed E-state index contributed by atoms with van der Waals surface area (Å²) in [4.78, 5) is 20.8. The van der Waals surface area contributed by atoms with Crippen molar-refractivity contribution < 1.29 is 17.5 Å². The van der Waals surface area contributed by atoms with Gasteiger partial charge >= 0.3 is 6.01 Å². The number of benzene rings is 1. The summed E-state index contributed by atoms with van der Waals surface area (Å²) in [6, 6.07) is 7.14. The van der Waals surface area contributed by atoms with E-state index in [0.717, 1.165) is 12.5 Å². The van der Waals surface area contributed by atoms with E-state index >= 15 is 0 Å². The molecule has 34 heavy (non-hydrogen) atoms. The lowest BCUT2D eigenvalue weighted by Gasteiger charge is -2.13. The Morgan fingerprint density at radius 3 is 2.53 bits per heavy atom. The molecule has 0 bridgehead atoms. The van der Waals surface area contributed by atoms with Crippen molar-refractivity contribution >= 4 is 9.84 Å². The highest BCUT2D eigenvalue weighted by molar-refractivity contribution is 7.90. The lowest BCUT2D eigenvalue weighted by atomic mass is 10.1. The highest BCUT2D eigenvalue weighted by atomic mass is 32.2. The zero-order valence-electron chi connectivity index (χ0n) is 19.4. The summed E-state index contributed by atoms with van der Waals surface area (Å²) in [6.07, 6.45) is 2.85. The third-order valence-electron chi connectivity index (χ3n) is 5.15. The Labute approximate surface area is 197 Å². The molecule has 0 radical (unpaired) electrons. The molecule has 0 aliphatic heterocycles. The third kappa shape index (κ3) is 5.85. The first-order valence-corrected chi connectivity index (χ1v) is 12.5. The molecular weight excluding hydrogens is 459 g/mol. The number of hydrogen-bond donors (Lipinski definition) is 0. The Hall–Kier alpha value is -3.58. The minimum absolute atomic E-state index is 0.0215. The first-order chi connectivity index (χ1) is 16.0. The standard InChI is InChI=1S/C24H25FN4O4S/c1-5-6-7-34(31,32)14-20-11-21(18-8-16(3)23(30)29(4)13-18)28-24(27-20)33-22-15(2)9-19(25)10-17(22)12-26/h8-11,13H,5-7,14H2,1-4H3. The first kappa shape index (κ1) is 25.1. The molecule has 0 aliphatic rings. The van der Waals surface area contributed by atoms with Crippen LogP contribution in [0.4, 0.5) is 4.39 Å². The van der Waals surface area contributed by atoms with Gasteiger partial charge in [-0.25, -0.2) is 12.8 Å². The maximum Gasteiger partial charge on any atom is 0.322 e. The van der Waals surface area contributed by atoms with Gasteiger partial charge in [0.05, 0.1) is 28.5 Å². The lowest BCUT2D eigenvalue weighted by molar-refractivity contribution is 0.434. The summed E-state index contributed by atoms with van der Waals surface area (Å²) < 4.78 is 46.1. The van der Waals surface area contributed by atoms with Crippen molar-refractivity contribution in [3.63, 3.8) is 0 Å². The van der Waals surface area contributed by atoms with Crippen LogP contribution in [0.3, 0.4) is 0 Å². The van der Waals surface area contributed by atoms with E-state index in [9.17, 15) is 22.9 Å². The summed E-state index contributed by atoms with van der Waals surface area (Å²) in [7, 11) is -1.83. The molecule has 2 heterocycles. The number of aryl methyl sites for hydroxylation is 3. The molecule has 0 atom stereocenters. The van der Waals surface area contributed by atoms with Crippen LogP contribution >= 0.6 is 0 Å². The van der Waals surface area contributed by atoms with Crippen molar-refractivity contribution in [1.82, 2.24) is 14.5 Å². The summed E-state index contributed by atoms with van der Waals surface area (Å²) in [5, 5.41) is 9.41. The van der Waals surface area contributed by atoms with Crippen molar-refractivity contribution in [1.29, 1.82) is 5.26 Å². The van der Waals surface area contributed by atoms with Gasteiger partial charge in [0.1, 0.15) is 11.9 Å². The Balaban J connectivity index is 2.14. The Bertz CT molecular complexity index is 1420. The summed E-state index contributed by atoms with van der Waals surface area (Å²) in [6.45, 7) is 5.15. The van der Waals surface area contributed by atoms with Crippen LogP contribution in [-0.2, 0) is 22.6 Å². The zero-order chi connectivity index (χ0) is 25.0. The van der Waals surface area contributed by atoms with E-state index in [4.69, 9.17) is 4.74 Å². The van der Waals surface area contributed by atoms with Gasteiger partial charge in [0.25, 0.3) is 5.56 Å². The molecule has 0 saturated heterocycles. The fraction of sp³-hybridized carbons (Fsp3) is 0.333. The second-order valence-corrected chi connectivity index (χ2v) is 10.3. The number of ether oxygens (including phenoxy) is 1. The van der Waals surface area contributed by atoms with Crippen LogP contribution in [0, 0.1) is 31.0 Å². The number of aromatic nitrogens is 3. The lowest BCUT2D eigenvalue weighted by Crippen LogP contribution is -2.18. The van der Waals surface area contributed by atoms with Crippen LogP contribution in [0.15, 0.2) is 35.3 Å². The summed E-state index contributed by atoms with van der Waals surface area (Å²) >= 11 is 0. The molecule has 0 spiro atoms. The number of sulfone groups is 1. The fourth-order valence-electron chi connectivity index (χ4n) is 3.46. The molecular formula is C24H25FN4O4S. The van der Waals surface area contributed by atoms with Crippen molar-refractivity contribution in [3.8, 4) is 29.1 Å². The van der Waals surface area contributed by atoms with Crippen molar-refractivity contribution in [2.45, 2.75) is 39.4 Å². The van der Waals surface area contributed by atoms with Crippen LogP contribution in [0.5, 0.6) is 11.8 Å². The first-order valence-electron chi connectivity index (χ1n) is 10.7. The average molecular weight is 485 g/mol. The largest absolute Gasteiger partial charge is 0.423 e. The van der Waals surface area contributed by atoms with E-state index in [-0.39, 0.29) is 40.1 Å². The van der Waals surface area contributed by atoms with Crippen LogP contribution in [0.2, 0.25) is 0 Å². The average Bonchev–Trinajstić information content (AvgIpc) is 2.76. The number of hydrogen-bond acceptors (Lipinski definition) is 7. The smallest absolute Gasteiger partial charge is 0.322 e. The van der Waals surface area contributed by atoms with Crippen molar-refractivity contribution in [2.75, 3.05) is 5.75 Å². The van der Waals surface area contributed by atoms with E-state index in [1.165, 1.54) is 10.6 Å². The highest BCUT2D eigenvalue weighted by Gasteiger charge is 2.18. The van der Waals surface area contributed by atoms with E-state index < -0.39 is 15.7 Å². The molecule has 2 aromatic heterocycles. The number of pyridine rings is 1. The van der Waals surface area contributed by atoms with E-state index in [1.807, 2.05) is 13.0 Å². The monoisotopic (exact) mass is 484 g/mol. The minimum Gasteiger partial charge on any atom is -0.423 e. The molecule has 178 valence electrons. The van der Waals surface area contributed by atoms with Gasteiger partial charge in [-0.2, -0.15) is 15.2 Å². The van der Waals surface area contributed by atoms with Crippen LogP contribution in [-0.4, -0.2) is 28.7 Å².